The molecule has 3 aromatic rings. The molecular weight excluding hydrogens is 404 g/mol. The van der Waals surface area contributed by atoms with Gasteiger partial charge in [0, 0.05) is 25.2 Å². The molecule has 164 valence electrons. The molecule has 0 aliphatic rings. The number of esters is 1. The summed E-state index contributed by atoms with van der Waals surface area (Å²) >= 11 is 0. The van der Waals surface area contributed by atoms with Crippen LogP contribution in [0.15, 0.2) is 66.7 Å². The van der Waals surface area contributed by atoms with E-state index in [0.29, 0.717) is 12.1 Å². The molecule has 3 aromatic carbocycles. The number of anilines is 1. The third kappa shape index (κ3) is 5.03. The van der Waals surface area contributed by atoms with Gasteiger partial charge in [0.05, 0.1) is 18.4 Å². The molecule has 0 bridgehead atoms. The van der Waals surface area contributed by atoms with E-state index < -0.39 is 11.9 Å². The zero-order chi connectivity index (χ0) is 23.3. The lowest BCUT2D eigenvalue weighted by atomic mass is 10.0. The van der Waals surface area contributed by atoms with E-state index >= 15 is 0 Å². The molecule has 1 N–H and O–H groups in total. The van der Waals surface area contributed by atoms with Crippen LogP contribution in [0.4, 0.5) is 5.69 Å². The SMILES string of the molecule is CCN(C)C(=O)c1ccc(C(=O)OC)c(NC(=O)C=C(C)c2ccc3ccccc3c2)c1. The van der Waals surface area contributed by atoms with E-state index in [1.807, 2.05) is 56.3 Å². The van der Waals surface area contributed by atoms with Gasteiger partial charge in [-0.05, 0) is 60.0 Å². The number of hydrogen-bond acceptors (Lipinski definition) is 4. The molecule has 0 radical (unpaired) electrons. The Labute approximate surface area is 187 Å². The summed E-state index contributed by atoms with van der Waals surface area (Å²) < 4.78 is 4.82. The molecule has 0 atom stereocenters. The van der Waals surface area contributed by atoms with Gasteiger partial charge < -0.3 is 15.0 Å². The zero-order valence-corrected chi connectivity index (χ0v) is 18.6. The van der Waals surface area contributed by atoms with Gasteiger partial charge in [0.2, 0.25) is 5.91 Å². The molecule has 6 nitrogen and oxygen atoms in total. The molecule has 6 heteroatoms. The third-order valence-electron chi connectivity index (χ3n) is 5.30. The van der Waals surface area contributed by atoms with Crippen LogP contribution in [-0.4, -0.2) is 43.4 Å². The van der Waals surface area contributed by atoms with Crippen LogP contribution in [0.5, 0.6) is 0 Å². The smallest absolute Gasteiger partial charge is 0.339 e. The minimum Gasteiger partial charge on any atom is -0.465 e. The first kappa shape index (κ1) is 22.7. The number of ether oxygens (including phenoxy) is 1. The molecule has 0 saturated carbocycles. The number of benzene rings is 3. The van der Waals surface area contributed by atoms with Crippen LogP contribution in [0.25, 0.3) is 16.3 Å². The number of methoxy groups -OCH3 is 1. The van der Waals surface area contributed by atoms with Gasteiger partial charge in [-0.3, -0.25) is 9.59 Å². The van der Waals surface area contributed by atoms with Gasteiger partial charge in [0.15, 0.2) is 0 Å². The molecule has 0 spiro atoms. The van der Waals surface area contributed by atoms with Gasteiger partial charge in [-0.1, -0.05) is 36.4 Å². The maximum Gasteiger partial charge on any atom is 0.339 e. The number of nitrogens with zero attached hydrogens (tertiary/aromatic N) is 1. The third-order valence-corrected chi connectivity index (χ3v) is 5.30. The normalized spacial score (nSPS) is 11.2. The predicted molar refractivity (Wildman–Crippen MR) is 127 cm³/mol. The van der Waals surface area contributed by atoms with E-state index in [-0.39, 0.29) is 17.2 Å². The van der Waals surface area contributed by atoms with E-state index in [0.717, 1.165) is 21.9 Å². The lowest BCUT2D eigenvalue weighted by Gasteiger charge is -2.16. The average Bonchev–Trinajstić information content (AvgIpc) is 2.82. The summed E-state index contributed by atoms with van der Waals surface area (Å²) in [5.74, 6) is -1.21. The summed E-state index contributed by atoms with van der Waals surface area (Å²) in [7, 11) is 2.95. The second-order valence-electron chi connectivity index (χ2n) is 7.45. The fourth-order valence-electron chi connectivity index (χ4n) is 3.32. The highest BCUT2D eigenvalue weighted by atomic mass is 16.5. The summed E-state index contributed by atoms with van der Waals surface area (Å²) in [4.78, 5) is 39.0. The average molecular weight is 431 g/mol. The van der Waals surface area contributed by atoms with Crippen LogP contribution in [-0.2, 0) is 9.53 Å². The van der Waals surface area contributed by atoms with E-state index in [1.165, 1.54) is 25.3 Å². The molecule has 3 rings (SSSR count). The first-order valence-corrected chi connectivity index (χ1v) is 10.3. The van der Waals surface area contributed by atoms with Crippen molar-refractivity contribution in [3.8, 4) is 0 Å². The summed E-state index contributed by atoms with van der Waals surface area (Å²) in [6, 6.07) is 18.5. The van der Waals surface area contributed by atoms with Gasteiger partial charge in [-0.25, -0.2) is 4.79 Å². The number of hydrogen-bond donors (Lipinski definition) is 1. The van der Waals surface area contributed by atoms with Crippen molar-refractivity contribution in [1.29, 1.82) is 0 Å². The molecule has 0 fully saturated rings. The highest BCUT2D eigenvalue weighted by Crippen LogP contribution is 2.23. The number of fused-ring (bicyclic) bond motifs is 1. The first-order valence-electron chi connectivity index (χ1n) is 10.3. The highest BCUT2D eigenvalue weighted by molar-refractivity contribution is 6.09. The largest absolute Gasteiger partial charge is 0.465 e. The van der Waals surface area contributed by atoms with Crippen molar-refractivity contribution in [2.45, 2.75) is 13.8 Å². The number of carbonyl (C=O) groups excluding carboxylic acids is 3. The van der Waals surface area contributed by atoms with Crippen molar-refractivity contribution in [1.82, 2.24) is 4.90 Å². The maximum absolute atomic E-state index is 12.8. The Bertz CT molecular complexity index is 1210. The number of rotatable bonds is 6. The fraction of sp³-hybridized carbons (Fsp3) is 0.192. The van der Waals surface area contributed by atoms with Gasteiger partial charge in [0.1, 0.15) is 0 Å². The van der Waals surface area contributed by atoms with Crippen molar-refractivity contribution < 1.29 is 19.1 Å². The molecule has 2 amide bonds. The lowest BCUT2D eigenvalue weighted by molar-refractivity contribution is -0.111. The molecular formula is C26H26N2O4. The number of nitrogens with one attached hydrogen (secondary N) is 1. The van der Waals surface area contributed by atoms with Crippen LogP contribution in [0.1, 0.15) is 40.1 Å². The van der Waals surface area contributed by atoms with Crippen LogP contribution >= 0.6 is 0 Å². The van der Waals surface area contributed by atoms with Crippen molar-refractivity contribution >= 4 is 39.8 Å². The minimum atomic E-state index is -0.599. The molecule has 0 heterocycles. The molecule has 0 aliphatic heterocycles. The van der Waals surface area contributed by atoms with Gasteiger partial charge in [0.25, 0.3) is 5.91 Å². The second-order valence-corrected chi connectivity index (χ2v) is 7.45. The van der Waals surface area contributed by atoms with Crippen LogP contribution in [0, 0.1) is 0 Å². The monoisotopic (exact) mass is 430 g/mol. The minimum absolute atomic E-state index is 0.174. The Morgan fingerprint density at radius 3 is 2.34 bits per heavy atom. The molecule has 0 unspecified atom stereocenters. The number of allylic oxidation sites excluding steroid dienone is 1. The Morgan fingerprint density at radius 2 is 1.66 bits per heavy atom. The van der Waals surface area contributed by atoms with Crippen LogP contribution in [0.3, 0.4) is 0 Å². The van der Waals surface area contributed by atoms with Gasteiger partial charge in [-0.2, -0.15) is 0 Å². The van der Waals surface area contributed by atoms with Gasteiger partial charge >= 0.3 is 5.97 Å². The number of amides is 2. The maximum atomic E-state index is 12.8. The Kier molecular flexibility index (Phi) is 7.05. The van der Waals surface area contributed by atoms with Crippen molar-refractivity contribution in [2.75, 3.05) is 26.0 Å². The zero-order valence-electron chi connectivity index (χ0n) is 18.6. The number of carbonyl (C=O) groups is 3. The standard InChI is InChI=1S/C26H26N2O4/c1-5-28(3)25(30)21-12-13-22(26(31)32-4)23(16-21)27-24(29)14-17(2)19-11-10-18-8-6-7-9-20(18)15-19/h6-16H,5H2,1-4H3,(H,27,29). The summed E-state index contributed by atoms with van der Waals surface area (Å²) in [6.07, 6.45) is 1.47. The lowest BCUT2D eigenvalue weighted by Crippen LogP contribution is -2.26. The molecule has 0 aromatic heterocycles. The van der Waals surface area contributed by atoms with Crippen molar-refractivity contribution in [3.05, 3.63) is 83.4 Å². The highest BCUT2D eigenvalue weighted by Gasteiger charge is 2.18. The Hall–Kier alpha value is -3.93. The predicted octanol–water partition coefficient (Wildman–Crippen LogP) is 4.76. The quantitative estimate of drug-likeness (QED) is 0.452. The van der Waals surface area contributed by atoms with E-state index in [4.69, 9.17) is 4.74 Å². The summed E-state index contributed by atoms with van der Waals surface area (Å²) in [5.41, 5.74) is 2.45. The second kappa shape index (κ2) is 9.92. The first-order chi connectivity index (χ1) is 15.3. The Balaban J connectivity index is 1.90. The van der Waals surface area contributed by atoms with Crippen LogP contribution in [0.2, 0.25) is 0 Å². The summed E-state index contributed by atoms with van der Waals surface area (Å²) in [6.45, 7) is 4.25. The topological polar surface area (TPSA) is 75.7 Å². The van der Waals surface area contributed by atoms with E-state index in [9.17, 15) is 14.4 Å². The van der Waals surface area contributed by atoms with Crippen molar-refractivity contribution in [3.63, 3.8) is 0 Å². The summed E-state index contributed by atoms with van der Waals surface area (Å²) in [5, 5.41) is 4.93. The Morgan fingerprint density at radius 1 is 0.969 bits per heavy atom. The van der Waals surface area contributed by atoms with Crippen molar-refractivity contribution in [2.24, 2.45) is 0 Å². The molecule has 0 saturated heterocycles. The van der Waals surface area contributed by atoms with Gasteiger partial charge in [-0.15, -0.1) is 0 Å². The van der Waals surface area contributed by atoms with E-state index in [2.05, 4.69) is 5.32 Å². The fourth-order valence-corrected chi connectivity index (χ4v) is 3.32. The molecule has 32 heavy (non-hydrogen) atoms. The molecule has 0 aliphatic carbocycles. The van der Waals surface area contributed by atoms with Crippen LogP contribution < -0.4 is 5.32 Å². The van der Waals surface area contributed by atoms with E-state index in [1.54, 1.807) is 18.0 Å².